The van der Waals surface area contributed by atoms with Crippen molar-refractivity contribution in [2.45, 2.75) is 122 Å². The molecule has 1 aromatic rings. The number of aromatic nitrogens is 2. The smallest absolute Gasteiger partial charge is 0.0848 e. The van der Waals surface area contributed by atoms with Crippen LogP contribution < -0.4 is 0 Å². The van der Waals surface area contributed by atoms with Crippen LogP contribution in [0.5, 0.6) is 0 Å². The Hall–Kier alpha value is -1.31. The second kappa shape index (κ2) is 8.91. The van der Waals surface area contributed by atoms with Crippen molar-refractivity contribution in [3.05, 3.63) is 18.0 Å². The number of hydrogen-bond donors (Lipinski definition) is 2. The molecule has 1 aromatic heterocycles. The molecular formula is C31H48N2O2. The quantitative estimate of drug-likeness (QED) is 0.494. The summed E-state index contributed by atoms with van der Waals surface area (Å²) in [5, 5.41) is 27.6. The van der Waals surface area contributed by atoms with Crippen LogP contribution in [-0.2, 0) is 6.54 Å². The van der Waals surface area contributed by atoms with E-state index in [1.54, 1.807) is 6.20 Å². The van der Waals surface area contributed by atoms with E-state index in [9.17, 15) is 10.2 Å². The Morgan fingerprint density at radius 3 is 2.60 bits per heavy atom. The fraction of sp³-hybridized carbons (Fsp3) is 0.839. The van der Waals surface area contributed by atoms with E-state index in [2.05, 4.69) is 31.8 Å². The van der Waals surface area contributed by atoms with Crippen LogP contribution in [0.3, 0.4) is 0 Å². The third kappa shape index (κ3) is 4.19. The normalized spacial score (nSPS) is 44.9. The van der Waals surface area contributed by atoms with Crippen LogP contribution in [0.25, 0.3) is 0 Å². The first-order valence-electron chi connectivity index (χ1n) is 14.5. The molecule has 0 amide bonds. The highest BCUT2D eigenvalue weighted by molar-refractivity contribution is 5.26. The van der Waals surface area contributed by atoms with Gasteiger partial charge in [-0.25, -0.2) is 0 Å². The molecule has 4 saturated carbocycles. The van der Waals surface area contributed by atoms with Gasteiger partial charge in [-0.1, -0.05) is 39.5 Å². The van der Waals surface area contributed by atoms with Crippen molar-refractivity contribution in [2.75, 3.05) is 0 Å². The molecule has 0 aromatic carbocycles. The molecule has 0 aliphatic heterocycles. The Labute approximate surface area is 213 Å². The van der Waals surface area contributed by atoms with E-state index in [0.29, 0.717) is 23.8 Å². The zero-order valence-corrected chi connectivity index (χ0v) is 22.6. The lowest BCUT2D eigenvalue weighted by Gasteiger charge is -2.65. The summed E-state index contributed by atoms with van der Waals surface area (Å²) >= 11 is 0. The van der Waals surface area contributed by atoms with Gasteiger partial charge in [-0.05, 0) is 112 Å². The van der Waals surface area contributed by atoms with Crippen LogP contribution in [-0.4, -0.2) is 31.2 Å². The summed E-state index contributed by atoms with van der Waals surface area (Å²) in [6, 6.07) is 0. The molecule has 0 spiro atoms. The fourth-order valence-corrected chi connectivity index (χ4v) is 10.2. The summed E-state index contributed by atoms with van der Waals surface area (Å²) in [5.74, 6) is 5.84. The van der Waals surface area contributed by atoms with Gasteiger partial charge >= 0.3 is 0 Å². The summed E-state index contributed by atoms with van der Waals surface area (Å²) in [5.41, 5.74) is 0.0971. The monoisotopic (exact) mass is 480 g/mol. The summed E-state index contributed by atoms with van der Waals surface area (Å²) in [6.45, 7) is 9.85. The molecule has 4 aliphatic rings. The zero-order valence-electron chi connectivity index (χ0n) is 22.6. The van der Waals surface area contributed by atoms with E-state index in [1.807, 2.05) is 17.8 Å². The third-order valence-corrected chi connectivity index (χ3v) is 11.8. The van der Waals surface area contributed by atoms with Crippen molar-refractivity contribution < 1.29 is 10.2 Å². The molecule has 5 rings (SSSR count). The van der Waals surface area contributed by atoms with Crippen LogP contribution in [0.1, 0.15) is 110 Å². The lowest BCUT2D eigenvalue weighted by molar-refractivity contribution is -0.192. The molecule has 2 N–H and O–H groups in total. The van der Waals surface area contributed by atoms with Crippen molar-refractivity contribution in [1.29, 1.82) is 0 Å². The van der Waals surface area contributed by atoms with Crippen molar-refractivity contribution in [1.82, 2.24) is 9.78 Å². The maximum atomic E-state index is 11.9. The molecule has 194 valence electrons. The van der Waals surface area contributed by atoms with Gasteiger partial charge in [-0.3, -0.25) is 4.68 Å². The first kappa shape index (κ1) is 25.3. The predicted molar refractivity (Wildman–Crippen MR) is 140 cm³/mol. The number of hydrogen-bond acceptors (Lipinski definition) is 3. The maximum Gasteiger partial charge on any atom is 0.0848 e. The molecule has 9 atom stereocenters. The third-order valence-electron chi connectivity index (χ3n) is 11.8. The highest BCUT2D eigenvalue weighted by Gasteiger charge is 2.61. The van der Waals surface area contributed by atoms with E-state index >= 15 is 0 Å². The lowest BCUT2D eigenvalue weighted by atomic mass is 9.40. The SMILES string of the molecule is C#Cc1cnn(C[C@](C)(O)[C@H]2CCC[C@H]3[C@@H]4CC[C@@H]5C[C@@](O)(CCC)CC[C@]5(C)[C@H]4CC[C@@]32C)c1. The first-order valence-corrected chi connectivity index (χ1v) is 14.5. The summed E-state index contributed by atoms with van der Waals surface area (Å²) in [6.07, 6.45) is 23.1. The standard InChI is InChI=1S/C31H48N2O2/c1-6-14-31(35)17-16-28(3)23(18-31)11-12-24-25-9-8-10-27(29(25,4)15-13-26(24)28)30(5,34)21-33-20-22(7-2)19-32-33/h2,19-20,23-27,34-35H,6,8-18,21H2,1,3-5H3/t23-,24+,25+,26+,27+,28+,29+,30+,31-/m1/s1. The molecular weight excluding hydrogens is 432 g/mol. The molecule has 35 heavy (non-hydrogen) atoms. The Morgan fingerprint density at radius 2 is 1.89 bits per heavy atom. The Bertz CT molecular complexity index is 961. The van der Waals surface area contributed by atoms with E-state index < -0.39 is 11.2 Å². The Balaban J connectivity index is 1.36. The number of rotatable bonds is 5. The summed E-state index contributed by atoms with van der Waals surface area (Å²) in [4.78, 5) is 0. The van der Waals surface area contributed by atoms with Gasteiger partial charge in [0.25, 0.3) is 0 Å². The van der Waals surface area contributed by atoms with Crippen LogP contribution in [0, 0.1) is 52.8 Å². The van der Waals surface area contributed by atoms with E-state index in [0.717, 1.165) is 49.5 Å². The minimum Gasteiger partial charge on any atom is -0.390 e. The molecule has 1 heterocycles. The largest absolute Gasteiger partial charge is 0.390 e. The topological polar surface area (TPSA) is 58.3 Å². The van der Waals surface area contributed by atoms with Gasteiger partial charge in [0.15, 0.2) is 0 Å². The lowest BCUT2D eigenvalue weighted by Crippen LogP contribution is -2.60. The molecule has 4 heteroatoms. The Morgan fingerprint density at radius 1 is 1.11 bits per heavy atom. The summed E-state index contributed by atoms with van der Waals surface area (Å²) < 4.78 is 1.85. The van der Waals surface area contributed by atoms with E-state index in [-0.39, 0.29) is 11.3 Å². The average molecular weight is 481 g/mol. The molecule has 4 fully saturated rings. The number of terminal acetylenes is 1. The van der Waals surface area contributed by atoms with Gasteiger partial charge < -0.3 is 10.2 Å². The number of nitrogens with zero attached hydrogens (tertiary/aromatic N) is 2. The average Bonchev–Trinajstić information content (AvgIpc) is 3.25. The second-order valence-electron chi connectivity index (χ2n) is 13.8. The van der Waals surface area contributed by atoms with Gasteiger partial charge in [-0.2, -0.15) is 5.10 Å². The number of aliphatic hydroxyl groups is 2. The molecule has 0 unspecified atom stereocenters. The first-order chi connectivity index (χ1) is 16.5. The van der Waals surface area contributed by atoms with Crippen LogP contribution in [0.2, 0.25) is 0 Å². The van der Waals surface area contributed by atoms with Gasteiger partial charge in [0.2, 0.25) is 0 Å². The van der Waals surface area contributed by atoms with Crippen molar-refractivity contribution >= 4 is 0 Å². The van der Waals surface area contributed by atoms with Gasteiger partial charge in [0.05, 0.1) is 29.5 Å². The minimum absolute atomic E-state index is 0.172. The molecule has 0 radical (unpaired) electrons. The second-order valence-corrected chi connectivity index (χ2v) is 13.8. The minimum atomic E-state index is -0.805. The van der Waals surface area contributed by atoms with Gasteiger partial charge in [-0.15, -0.1) is 6.42 Å². The maximum absolute atomic E-state index is 11.9. The number of fused-ring (bicyclic) bond motifs is 5. The van der Waals surface area contributed by atoms with Crippen LogP contribution in [0.15, 0.2) is 12.4 Å². The van der Waals surface area contributed by atoms with Crippen LogP contribution >= 0.6 is 0 Å². The molecule has 4 aliphatic carbocycles. The summed E-state index contributed by atoms with van der Waals surface area (Å²) in [7, 11) is 0. The van der Waals surface area contributed by atoms with E-state index in [4.69, 9.17) is 6.42 Å². The molecule has 4 nitrogen and oxygen atoms in total. The van der Waals surface area contributed by atoms with Gasteiger partial charge in [0.1, 0.15) is 0 Å². The van der Waals surface area contributed by atoms with Crippen LogP contribution in [0.4, 0.5) is 0 Å². The highest BCUT2D eigenvalue weighted by atomic mass is 16.3. The highest BCUT2D eigenvalue weighted by Crippen LogP contribution is 2.68. The Kier molecular flexibility index (Phi) is 6.45. The fourth-order valence-electron chi connectivity index (χ4n) is 10.2. The zero-order chi connectivity index (χ0) is 25.1. The molecule has 0 bridgehead atoms. The van der Waals surface area contributed by atoms with Crippen molar-refractivity contribution in [3.8, 4) is 12.3 Å². The van der Waals surface area contributed by atoms with Crippen molar-refractivity contribution in [3.63, 3.8) is 0 Å². The molecule has 0 saturated heterocycles. The van der Waals surface area contributed by atoms with Crippen molar-refractivity contribution in [2.24, 2.45) is 40.4 Å². The van der Waals surface area contributed by atoms with Gasteiger partial charge in [0, 0.05) is 6.20 Å². The van der Waals surface area contributed by atoms with E-state index in [1.165, 1.54) is 44.9 Å². The predicted octanol–water partition coefficient (Wildman–Crippen LogP) is 6.20.